The summed E-state index contributed by atoms with van der Waals surface area (Å²) in [5, 5.41) is 6.78. The second-order valence-electron chi connectivity index (χ2n) is 4.70. The molecule has 4 nitrogen and oxygen atoms in total. The zero-order chi connectivity index (χ0) is 13.8. The summed E-state index contributed by atoms with van der Waals surface area (Å²) < 4.78 is 5.40. The molecule has 0 aromatic heterocycles. The normalized spacial score (nSPS) is 15.2. The van der Waals surface area contributed by atoms with Gasteiger partial charge in [-0.2, -0.15) is 0 Å². The highest BCUT2D eigenvalue weighted by atomic mass is 35.5. The van der Waals surface area contributed by atoms with E-state index in [1.165, 1.54) is 0 Å². The Balaban J connectivity index is 2.20. The van der Waals surface area contributed by atoms with Crippen molar-refractivity contribution in [3.8, 4) is 5.75 Å². The van der Waals surface area contributed by atoms with E-state index in [9.17, 15) is 4.79 Å². The molecule has 1 aromatic carbocycles. The first-order valence-corrected chi connectivity index (χ1v) is 7.04. The summed E-state index contributed by atoms with van der Waals surface area (Å²) in [6, 6.07) is 3.99. The zero-order valence-electron chi connectivity index (χ0n) is 11.3. The number of anilines is 2. The van der Waals surface area contributed by atoms with Gasteiger partial charge in [-0.1, -0.05) is 31.9 Å². The van der Waals surface area contributed by atoms with Gasteiger partial charge in [0.25, 0.3) is 5.91 Å². The van der Waals surface area contributed by atoms with E-state index in [-0.39, 0.29) is 12.5 Å². The molecule has 104 valence electrons. The van der Waals surface area contributed by atoms with Gasteiger partial charge >= 0.3 is 0 Å². The van der Waals surface area contributed by atoms with Gasteiger partial charge in [0, 0.05) is 12.1 Å². The van der Waals surface area contributed by atoms with E-state index in [2.05, 4.69) is 24.5 Å². The average molecular weight is 283 g/mol. The minimum absolute atomic E-state index is 0.0558. The molecule has 2 N–H and O–H groups in total. The Morgan fingerprint density at radius 1 is 1.47 bits per heavy atom. The molecule has 1 atom stereocenters. The molecule has 0 aliphatic carbocycles. The molecule has 0 saturated heterocycles. The number of hydrogen-bond acceptors (Lipinski definition) is 3. The van der Waals surface area contributed by atoms with Crippen molar-refractivity contribution in [3.63, 3.8) is 0 Å². The number of ether oxygens (including phenoxy) is 1. The Hall–Kier alpha value is -1.42. The fraction of sp³-hybridized carbons (Fsp3) is 0.500. The van der Waals surface area contributed by atoms with E-state index in [0.29, 0.717) is 22.5 Å². The summed E-state index contributed by atoms with van der Waals surface area (Å²) >= 11 is 6.24. The second-order valence-corrected chi connectivity index (χ2v) is 5.11. The largest absolute Gasteiger partial charge is 0.482 e. The quantitative estimate of drug-likeness (QED) is 0.866. The molecule has 1 aliphatic heterocycles. The third kappa shape index (κ3) is 3.32. The highest BCUT2D eigenvalue weighted by Gasteiger charge is 2.19. The number of halogens is 1. The zero-order valence-corrected chi connectivity index (χ0v) is 12.0. The molecule has 1 aromatic rings. The van der Waals surface area contributed by atoms with Gasteiger partial charge in [0.1, 0.15) is 5.75 Å². The first-order valence-electron chi connectivity index (χ1n) is 6.66. The van der Waals surface area contributed by atoms with Gasteiger partial charge in [0.2, 0.25) is 0 Å². The first-order chi connectivity index (χ1) is 9.13. The van der Waals surface area contributed by atoms with Crippen LogP contribution in [0, 0.1) is 0 Å². The summed E-state index contributed by atoms with van der Waals surface area (Å²) in [5.41, 5.74) is 1.49. The molecule has 5 heteroatoms. The fourth-order valence-corrected chi connectivity index (χ4v) is 2.38. The number of amides is 1. The molecule has 0 bridgehead atoms. The van der Waals surface area contributed by atoms with Gasteiger partial charge in [-0.25, -0.2) is 0 Å². The Labute approximate surface area is 118 Å². The number of rotatable bonds is 5. The molecule has 0 radical (unpaired) electrons. The van der Waals surface area contributed by atoms with Crippen LogP contribution in [0.5, 0.6) is 5.75 Å². The van der Waals surface area contributed by atoms with Crippen molar-refractivity contribution in [1.29, 1.82) is 0 Å². The lowest BCUT2D eigenvalue weighted by Crippen LogP contribution is -2.25. The number of fused-ring (bicyclic) bond motifs is 1. The summed E-state index contributed by atoms with van der Waals surface area (Å²) in [6.45, 7) is 4.37. The molecule has 1 amide bonds. The van der Waals surface area contributed by atoms with Crippen molar-refractivity contribution in [2.75, 3.05) is 17.2 Å². The fourth-order valence-electron chi connectivity index (χ4n) is 2.16. The number of nitrogens with one attached hydrogen (secondary N) is 2. The maximum absolute atomic E-state index is 11.2. The van der Waals surface area contributed by atoms with Crippen LogP contribution < -0.4 is 15.4 Å². The Morgan fingerprint density at radius 2 is 2.26 bits per heavy atom. The van der Waals surface area contributed by atoms with E-state index in [4.69, 9.17) is 16.3 Å². The van der Waals surface area contributed by atoms with E-state index in [1.807, 2.05) is 6.07 Å². The Bertz CT molecular complexity index is 477. The smallest absolute Gasteiger partial charge is 0.262 e. The predicted molar refractivity (Wildman–Crippen MR) is 78.2 cm³/mol. The van der Waals surface area contributed by atoms with Crippen LogP contribution >= 0.6 is 11.6 Å². The molecule has 1 unspecified atom stereocenters. The van der Waals surface area contributed by atoms with Crippen molar-refractivity contribution < 1.29 is 9.53 Å². The average Bonchev–Trinajstić information content (AvgIpc) is 2.39. The number of carbonyl (C=O) groups is 1. The third-order valence-corrected chi connectivity index (χ3v) is 3.50. The van der Waals surface area contributed by atoms with Crippen LogP contribution in [0.3, 0.4) is 0 Å². The van der Waals surface area contributed by atoms with Gasteiger partial charge in [-0.05, 0) is 18.9 Å². The van der Waals surface area contributed by atoms with Crippen molar-refractivity contribution >= 4 is 28.9 Å². The van der Waals surface area contributed by atoms with E-state index < -0.39 is 0 Å². The number of carbonyl (C=O) groups excluding carboxylic acids is 1. The molecule has 0 saturated carbocycles. The van der Waals surface area contributed by atoms with Crippen LogP contribution in [-0.2, 0) is 4.79 Å². The topological polar surface area (TPSA) is 50.4 Å². The van der Waals surface area contributed by atoms with Crippen LogP contribution in [0.2, 0.25) is 5.02 Å². The van der Waals surface area contributed by atoms with E-state index >= 15 is 0 Å². The van der Waals surface area contributed by atoms with Gasteiger partial charge < -0.3 is 15.4 Å². The third-order valence-electron chi connectivity index (χ3n) is 3.19. The molecule has 1 aliphatic rings. The number of hydrogen-bond donors (Lipinski definition) is 2. The minimum atomic E-state index is -0.151. The highest BCUT2D eigenvalue weighted by Crippen LogP contribution is 2.36. The maximum Gasteiger partial charge on any atom is 0.262 e. The van der Waals surface area contributed by atoms with Crippen molar-refractivity contribution in [2.24, 2.45) is 0 Å². The molecular weight excluding hydrogens is 264 g/mol. The predicted octanol–water partition coefficient (Wildman–Crippen LogP) is 3.66. The summed E-state index contributed by atoms with van der Waals surface area (Å²) in [5.74, 6) is 0.513. The van der Waals surface area contributed by atoms with E-state index in [0.717, 1.165) is 24.9 Å². The second kappa shape index (κ2) is 6.15. The lowest BCUT2D eigenvalue weighted by atomic mass is 10.1. The standard InChI is InChI=1S/C14H19ClN2O2/c1-3-5-9(4-2)16-11-7-13-12(6-10(11)15)17-14(18)8-19-13/h6-7,9,16H,3-5,8H2,1-2H3,(H,17,18). The lowest BCUT2D eigenvalue weighted by molar-refractivity contribution is -0.118. The van der Waals surface area contributed by atoms with Crippen LogP contribution in [0.15, 0.2) is 12.1 Å². The van der Waals surface area contributed by atoms with Crippen LogP contribution in [0.1, 0.15) is 33.1 Å². The van der Waals surface area contributed by atoms with E-state index in [1.54, 1.807) is 6.07 Å². The van der Waals surface area contributed by atoms with Gasteiger partial charge in [-0.3, -0.25) is 4.79 Å². The van der Waals surface area contributed by atoms with Crippen molar-refractivity contribution in [2.45, 2.75) is 39.2 Å². The first kappa shape index (κ1) is 14.0. The summed E-state index contributed by atoms with van der Waals surface area (Å²) in [7, 11) is 0. The Kier molecular flexibility index (Phi) is 4.53. The van der Waals surface area contributed by atoms with Crippen molar-refractivity contribution in [1.82, 2.24) is 0 Å². The SMILES string of the molecule is CCCC(CC)Nc1cc2c(cc1Cl)NC(=O)CO2. The van der Waals surface area contributed by atoms with Crippen LogP contribution in [0.4, 0.5) is 11.4 Å². The number of benzene rings is 1. The Morgan fingerprint density at radius 3 is 2.95 bits per heavy atom. The highest BCUT2D eigenvalue weighted by molar-refractivity contribution is 6.33. The maximum atomic E-state index is 11.2. The van der Waals surface area contributed by atoms with Gasteiger partial charge in [0.05, 0.1) is 16.4 Å². The minimum Gasteiger partial charge on any atom is -0.482 e. The molecule has 1 heterocycles. The van der Waals surface area contributed by atoms with Gasteiger partial charge in [-0.15, -0.1) is 0 Å². The van der Waals surface area contributed by atoms with Crippen LogP contribution in [-0.4, -0.2) is 18.6 Å². The summed E-state index contributed by atoms with van der Waals surface area (Å²) in [4.78, 5) is 11.2. The lowest BCUT2D eigenvalue weighted by Gasteiger charge is -2.22. The molecule has 19 heavy (non-hydrogen) atoms. The monoisotopic (exact) mass is 282 g/mol. The molecule has 0 fully saturated rings. The van der Waals surface area contributed by atoms with Crippen molar-refractivity contribution in [3.05, 3.63) is 17.2 Å². The summed E-state index contributed by atoms with van der Waals surface area (Å²) in [6.07, 6.45) is 3.26. The van der Waals surface area contributed by atoms with Gasteiger partial charge in [0.15, 0.2) is 6.61 Å². The molecular formula is C14H19ClN2O2. The molecule has 2 rings (SSSR count). The van der Waals surface area contributed by atoms with Crippen LogP contribution in [0.25, 0.3) is 0 Å². The molecule has 0 spiro atoms.